The molecule has 0 heterocycles. The van der Waals surface area contributed by atoms with Gasteiger partial charge < -0.3 is 0 Å². The van der Waals surface area contributed by atoms with Crippen molar-refractivity contribution in [2.24, 2.45) is 0 Å². The lowest BCUT2D eigenvalue weighted by atomic mass is 10.1. The van der Waals surface area contributed by atoms with Crippen molar-refractivity contribution in [2.75, 3.05) is 13.1 Å². The van der Waals surface area contributed by atoms with Crippen LogP contribution in [0.4, 0.5) is 0 Å². The van der Waals surface area contributed by atoms with Gasteiger partial charge in [-0.3, -0.25) is 4.90 Å². The van der Waals surface area contributed by atoms with Crippen LogP contribution < -0.4 is 0 Å². The minimum Gasteiger partial charge on any atom is -0.299 e. The molecule has 127 valence electrons. The summed E-state index contributed by atoms with van der Waals surface area (Å²) < 4.78 is 0. The number of unbranched alkanes of at least 4 members (excludes halogenated alkanes) is 12. The molecule has 0 aromatic heterocycles. The van der Waals surface area contributed by atoms with Crippen LogP contribution in [0.15, 0.2) is 0 Å². The molecule has 1 heteroatoms. The summed E-state index contributed by atoms with van der Waals surface area (Å²) >= 11 is 0. The van der Waals surface area contributed by atoms with Gasteiger partial charge in [-0.2, -0.15) is 0 Å². The summed E-state index contributed by atoms with van der Waals surface area (Å²) in [5.74, 6) is 0. The lowest BCUT2D eigenvalue weighted by molar-refractivity contribution is 0.316. The fourth-order valence-electron chi connectivity index (χ4n) is 2.91. The van der Waals surface area contributed by atoms with E-state index in [2.05, 4.69) is 32.2 Å². The van der Waals surface area contributed by atoms with Crippen molar-refractivity contribution >= 4 is 0 Å². The smallest absolute Gasteiger partial charge is 0.0220 e. The molecule has 21 heavy (non-hydrogen) atoms. The highest BCUT2D eigenvalue weighted by atomic mass is 15.1. The zero-order chi connectivity index (χ0) is 15.6. The van der Waals surface area contributed by atoms with Crippen molar-refractivity contribution in [1.29, 1.82) is 0 Å². The molecule has 0 bridgehead atoms. The third-order valence-electron chi connectivity index (χ3n) is 4.46. The molecular weight excluding hydrogens is 254 g/mol. The van der Waals surface area contributed by atoms with Crippen molar-refractivity contribution in [3.05, 3.63) is 6.54 Å². The fourth-order valence-corrected chi connectivity index (χ4v) is 2.91. The SMILES string of the molecule is C[CH]N(CCCCCCCCC)CCCCCCCCC. The summed E-state index contributed by atoms with van der Waals surface area (Å²) in [6, 6.07) is 0. The first-order valence-electron chi connectivity index (χ1n) is 9.88. The second kappa shape index (κ2) is 18.0. The average Bonchev–Trinajstić information content (AvgIpc) is 2.51. The van der Waals surface area contributed by atoms with E-state index in [0.29, 0.717) is 0 Å². The monoisotopic (exact) mass is 296 g/mol. The predicted molar refractivity (Wildman–Crippen MR) is 97.5 cm³/mol. The van der Waals surface area contributed by atoms with Crippen LogP contribution >= 0.6 is 0 Å². The van der Waals surface area contributed by atoms with E-state index in [9.17, 15) is 0 Å². The highest BCUT2D eigenvalue weighted by Crippen LogP contribution is 2.10. The van der Waals surface area contributed by atoms with Gasteiger partial charge in [-0.25, -0.2) is 0 Å². The Hall–Kier alpha value is -0.0400. The molecule has 0 unspecified atom stereocenters. The summed E-state index contributed by atoms with van der Waals surface area (Å²) in [4.78, 5) is 2.54. The molecule has 0 aliphatic rings. The molecule has 0 aromatic rings. The highest BCUT2D eigenvalue weighted by Gasteiger charge is 2.02. The summed E-state index contributed by atoms with van der Waals surface area (Å²) in [5.41, 5.74) is 0. The first-order valence-corrected chi connectivity index (χ1v) is 9.88. The van der Waals surface area contributed by atoms with Crippen LogP contribution in [0.25, 0.3) is 0 Å². The molecule has 1 nitrogen and oxygen atoms in total. The molecule has 0 aromatic carbocycles. The molecule has 0 aliphatic carbocycles. The first kappa shape index (κ1) is 21.0. The maximum atomic E-state index is 2.54. The van der Waals surface area contributed by atoms with Crippen LogP contribution in [0, 0.1) is 6.54 Å². The number of hydrogen-bond acceptors (Lipinski definition) is 1. The van der Waals surface area contributed by atoms with Crippen molar-refractivity contribution < 1.29 is 0 Å². The third kappa shape index (κ3) is 16.2. The Morgan fingerprint density at radius 1 is 0.524 bits per heavy atom. The molecule has 1 radical (unpaired) electrons. The molecule has 0 rings (SSSR count). The van der Waals surface area contributed by atoms with Gasteiger partial charge in [0.2, 0.25) is 0 Å². The Morgan fingerprint density at radius 3 is 1.19 bits per heavy atom. The van der Waals surface area contributed by atoms with E-state index in [-0.39, 0.29) is 0 Å². The first-order chi connectivity index (χ1) is 10.3. The zero-order valence-corrected chi connectivity index (χ0v) is 15.3. The van der Waals surface area contributed by atoms with E-state index >= 15 is 0 Å². The Balaban J connectivity index is 3.29. The second-order valence-corrected chi connectivity index (χ2v) is 6.54. The molecule has 0 amide bonds. The summed E-state index contributed by atoms with van der Waals surface area (Å²) in [6.45, 7) is 11.6. The molecule has 0 aliphatic heterocycles. The van der Waals surface area contributed by atoms with Gasteiger partial charge in [-0.15, -0.1) is 0 Å². The maximum absolute atomic E-state index is 2.54. The molecule has 0 atom stereocenters. The average molecular weight is 297 g/mol. The molecule has 0 spiro atoms. The van der Waals surface area contributed by atoms with E-state index in [1.54, 1.807) is 0 Å². The van der Waals surface area contributed by atoms with Crippen molar-refractivity contribution in [3.63, 3.8) is 0 Å². The minimum atomic E-state index is 1.28. The number of nitrogens with zero attached hydrogens (tertiary/aromatic N) is 1. The molecular formula is C20H42N. The normalized spacial score (nSPS) is 11.4. The zero-order valence-electron chi connectivity index (χ0n) is 15.3. The summed E-state index contributed by atoms with van der Waals surface area (Å²) in [5, 5.41) is 0. The number of rotatable bonds is 17. The molecule has 0 saturated heterocycles. The van der Waals surface area contributed by atoms with Crippen LogP contribution in [-0.4, -0.2) is 18.0 Å². The second-order valence-electron chi connectivity index (χ2n) is 6.54. The van der Waals surface area contributed by atoms with Crippen molar-refractivity contribution in [2.45, 2.75) is 111 Å². The van der Waals surface area contributed by atoms with E-state index < -0.39 is 0 Å². The highest BCUT2D eigenvalue weighted by molar-refractivity contribution is 4.64. The Labute approximate surface area is 135 Å². The van der Waals surface area contributed by atoms with Gasteiger partial charge in [-0.1, -0.05) is 90.9 Å². The fraction of sp³-hybridized carbons (Fsp3) is 0.950. The van der Waals surface area contributed by atoms with Gasteiger partial charge in [0, 0.05) is 6.54 Å². The van der Waals surface area contributed by atoms with E-state index in [1.807, 2.05) is 0 Å². The van der Waals surface area contributed by atoms with E-state index in [0.717, 1.165) is 0 Å². The van der Waals surface area contributed by atoms with Gasteiger partial charge in [0.05, 0.1) is 0 Å². The summed E-state index contributed by atoms with van der Waals surface area (Å²) in [7, 11) is 0. The van der Waals surface area contributed by atoms with E-state index in [1.165, 1.54) is 103 Å². The Kier molecular flexibility index (Phi) is 18.0. The van der Waals surface area contributed by atoms with Crippen LogP contribution in [-0.2, 0) is 0 Å². The topological polar surface area (TPSA) is 3.24 Å². The number of hydrogen-bond donors (Lipinski definition) is 0. The predicted octanol–water partition coefficient (Wildman–Crippen LogP) is 6.97. The molecule has 0 N–H and O–H groups in total. The quantitative estimate of drug-likeness (QED) is 0.262. The van der Waals surface area contributed by atoms with Gasteiger partial charge >= 0.3 is 0 Å². The van der Waals surface area contributed by atoms with E-state index in [4.69, 9.17) is 0 Å². The van der Waals surface area contributed by atoms with Crippen LogP contribution in [0.3, 0.4) is 0 Å². The van der Waals surface area contributed by atoms with Crippen LogP contribution in [0.5, 0.6) is 0 Å². The lowest BCUT2D eigenvalue weighted by Gasteiger charge is -2.19. The molecule has 0 fully saturated rings. The van der Waals surface area contributed by atoms with Gasteiger partial charge in [0.1, 0.15) is 0 Å². The van der Waals surface area contributed by atoms with Gasteiger partial charge in [0.25, 0.3) is 0 Å². The minimum absolute atomic E-state index is 1.28. The van der Waals surface area contributed by atoms with Crippen LogP contribution in [0.1, 0.15) is 111 Å². The van der Waals surface area contributed by atoms with Gasteiger partial charge in [-0.05, 0) is 32.9 Å². The molecule has 0 saturated carbocycles. The Morgan fingerprint density at radius 2 is 0.857 bits per heavy atom. The van der Waals surface area contributed by atoms with Crippen molar-refractivity contribution in [1.82, 2.24) is 4.90 Å². The van der Waals surface area contributed by atoms with Crippen molar-refractivity contribution in [3.8, 4) is 0 Å². The third-order valence-corrected chi connectivity index (χ3v) is 4.46. The summed E-state index contributed by atoms with van der Waals surface area (Å²) in [6.07, 6.45) is 19.8. The maximum Gasteiger partial charge on any atom is 0.0220 e. The standard InChI is InChI=1S/C20H42N/c1-4-7-9-11-13-15-17-19-21(6-3)20-18-16-14-12-10-8-5-2/h6H,4-5,7-20H2,1-3H3. The van der Waals surface area contributed by atoms with Gasteiger partial charge in [0.15, 0.2) is 0 Å². The largest absolute Gasteiger partial charge is 0.299 e. The Bertz CT molecular complexity index is 161. The lowest BCUT2D eigenvalue weighted by Crippen LogP contribution is -2.22. The van der Waals surface area contributed by atoms with Crippen LogP contribution in [0.2, 0.25) is 0 Å².